The number of anilines is 15. The average molecular weight is 1550 g/mol. The molecule has 0 amide bonds. The Hall–Kier alpha value is -15.8. The van der Waals surface area contributed by atoms with Crippen molar-refractivity contribution in [3.8, 4) is 22.3 Å². The van der Waals surface area contributed by atoms with Gasteiger partial charge in [-0.25, -0.2) is 0 Å². The van der Waals surface area contributed by atoms with E-state index in [1.165, 1.54) is 115 Å². The molecule has 0 heterocycles. The molecule has 0 saturated carbocycles. The topological polar surface area (TPSA) is 19.4 Å². The second kappa shape index (κ2) is 34.2. The van der Waals surface area contributed by atoms with Crippen molar-refractivity contribution in [2.45, 2.75) is 0 Å². The van der Waals surface area contributed by atoms with Gasteiger partial charge in [0.1, 0.15) is 0 Å². The Bertz CT molecular complexity index is 6950. The third kappa shape index (κ3) is 15.6. The normalized spacial score (nSPS) is 11.1. The molecule has 21 aromatic rings. The van der Waals surface area contributed by atoms with Crippen molar-refractivity contribution in [1.82, 2.24) is 0 Å². The molecule has 121 heavy (non-hydrogen) atoms. The van der Waals surface area contributed by atoms with Crippen LogP contribution in [0.25, 0.3) is 97.7 Å². The molecule has 578 valence electrons. The Labute approximate surface area is 708 Å². The molecule has 0 radical (unpaired) electrons. The predicted octanol–water partition coefficient (Wildman–Crippen LogP) is 32.2. The Morgan fingerprint density at radius 3 is 0.653 bits per heavy atom. The van der Waals surface area contributed by atoms with Crippen LogP contribution in [0.4, 0.5) is 85.3 Å². The molecule has 21 aromatic carbocycles. The number of nitrogens with zero attached hydrogens (tertiary/aromatic N) is 6. The summed E-state index contributed by atoms with van der Waals surface area (Å²) in [5, 5.41) is 17.2. The lowest BCUT2D eigenvalue weighted by Crippen LogP contribution is -2.12. The molecule has 0 aromatic heterocycles. The van der Waals surface area contributed by atoms with Crippen molar-refractivity contribution in [3.05, 3.63) is 479 Å². The zero-order valence-corrected chi connectivity index (χ0v) is 67.8. The van der Waals surface area contributed by atoms with Crippen LogP contribution < -0.4 is 29.4 Å². The van der Waals surface area contributed by atoms with E-state index in [1.807, 2.05) is 0 Å². The van der Waals surface area contributed by atoms with Crippen LogP contribution in [0.5, 0.6) is 0 Å². The largest absolute Gasteiger partial charge is 0.345 e. The first-order valence-corrected chi connectivity index (χ1v) is 41.4. The molecule has 0 spiro atoms. The lowest BCUT2D eigenvalue weighted by Gasteiger charge is -2.29. The quantitative estimate of drug-likeness (QED) is 0.0899. The molecule has 0 aliphatic heterocycles. The van der Waals surface area contributed by atoms with Crippen molar-refractivity contribution < 1.29 is 0 Å². The number of benzene rings is 21. The summed E-state index contributed by atoms with van der Waals surface area (Å²) in [4.78, 5) is 13.9. The van der Waals surface area contributed by atoms with Crippen molar-refractivity contribution >= 4 is 161 Å². The van der Waals surface area contributed by atoms with Gasteiger partial charge in [0.05, 0.1) is 34.1 Å². The van der Waals surface area contributed by atoms with Crippen molar-refractivity contribution in [1.29, 1.82) is 0 Å². The van der Waals surface area contributed by atoms with Crippen LogP contribution >= 0.6 is 0 Å². The molecule has 6 nitrogen and oxygen atoms in total. The fraction of sp³-hybridized carbons (Fsp3) is 0.0261. The summed E-state index contributed by atoms with van der Waals surface area (Å²) in [7, 11) is 6.39. The fourth-order valence-electron chi connectivity index (χ4n) is 17.0. The number of rotatable bonds is 17. The Kier molecular flexibility index (Phi) is 21.3. The molecule has 6 heteroatoms. The summed E-state index contributed by atoms with van der Waals surface area (Å²) < 4.78 is 0. The lowest BCUT2D eigenvalue weighted by atomic mass is 10.0. The third-order valence-corrected chi connectivity index (χ3v) is 23.4. The Morgan fingerprint density at radius 2 is 0.331 bits per heavy atom. The minimum atomic E-state index is 1.12. The van der Waals surface area contributed by atoms with E-state index in [2.05, 4.69) is 530 Å². The minimum Gasteiger partial charge on any atom is -0.345 e. The predicted molar refractivity (Wildman–Crippen MR) is 520 cm³/mol. The SMILES string of the molecule is CN(c1ccc(-c2ccccc2)cc1)c1ccc(N(c2cccc3ccccc23)c2cccc3ccccc23)cc1.CN(c1ccc(N(c2cccc3ccccc23)c2cccc3ccccc23)cc1)c1ccc2ccccc2c1.CN(c1ccc(N(c2cccc3ccccc23)c2cccc3ccccc23)cc1)c1cccc(-c2ccccc2)c1. The van der Waals surface area contributed by atoms with Gasteiger partial charge in [0.25, 0.3) is 0 Å². The standard InChI is InChI=1S/2C39H30N2.C37H28N2/c1-40(35-19-9-18-32(28-35)29-12-3-2-4-13-29)33-24-26-34(27-25-33)41(38-22-10-16-30-14-5-7-20-36(30)38)39-23-11-17-31-15-6-8-21-37(31)39;1-40(33-23-21-30(22-24-33)29-11-3-2-4-12-29)34-25-27-35(28-26-34)41(38-19-9-15-31-13-5-7-17-36(31)38)39-20-10-16-32-14-6-8-18-37(32)39;1-38(33-21-20-27-10-2-3-13-30(27)26-33)31-22-24-32(25-23-31)39(36-18-8-14-28-11-4-6-16-34(28)36)37-19-9-15-29-12-5-7-17-35(29)37/h2*2-28H,1H3;2-26H,1H3. The van der Waals surface area contributed by atoms with E-state index in [4.69, 9.17) is 0 Å². The van der Waals surface area contributed by atoms with Crippen LogP contribution in [0.2, 0.25) is 0 Å². The van der Waals surface area contributed by atoms with E-state index in [0.717, 1.165) is 68.2 Å². The molecule has 0 atom stereocenters. The Morgan fingerprint density at radius 1 is 0.124 bits per heavy atom. The summed E-state index contributed by atoms with van der Waals surface area (Å²) >= 11 is 0. The van der Waals surface area contributed by atoms with Crippen LogP contribution in [0.1, 0.15) is 0 Å². The first-order valence-electron chi connectivity index (χ1n) is 41.4. The van der Waals surface area contributed by atoms with E-state index in [1.54, 1.807) is 0 Å². The highest BCUT2D eigenvalue weighted by Crippen LogP contribution is 2.48. The van der Waals surface area contributed by atoms with E-state index in [-0.39, 0.29) is 0 Å². The number of hydrogen-bond donors (Lipinski definition) is 0. The Balaban J connectivity index is 0.000000120. The van der Waals surface area contributed by atoms with E-state index in [0.29, 0.717) is 0 Å². The van der Waals surface area contributed by atoms with Crippen LogP contribution in [0.15, 0.2) is 479 Å². The zero-order valence-electron chi connectivity index (χ0n) is 67.8. The number of fused-ring (bicyclic) bond motifs is 7. The highest BCUT2D eigenvalue weighted by atomic mass is 15.2. The molecule has 0 aliphatic rings. The maximum absolute atomic E-state index is 2.39. The molecule has 0 unspecified atom stereocenters. The van der Waals surface area contributed by atoms with Gasteiger partial charge in [-0.05, 0) is 211 Å². The molecular weight excluding hydrogens is 1470 g/mol. The van der Waals surface area contributed by atoms with Crippen LogP contribution in [0, 0.1) is 0 Å². The number of hydrogen-bond acceptors (Lipinski definition) is 6. The summed E-state index contributed by atoms with van der Waals surface area (Å²) in [5.41, 5.74) is 22.1. The van der Waals surface area contributed by atoms with Crippen molar-refractivity contribution in [2.75, 3.05) is 50.5 Å². The first kappa shape index (κ1) is 75.3. The van der Waals surface area contributed by atoms with Gasteiger partial charge < -0.3 is 29.4 Å². The van der Waals surface area contributed by atoms with Gasteiger partial charge in [0.2, 0.25) is 0 Å². The maximum Gasteiger partial charge on any atom is 0.0540 e. The first-order chi connectivity index (χ1) is 59.8. The van der Waals surface area contributed by atoms with Crippen LogP contribution in [0.3, 0.4) is 0 Å². The van der Waals surface area contributed by atoms with Gasteiger partial charge >= 0.3 is 0 Å². The van der Waals surface area contributed by atoms with E-state index >= 15 is 0 Å². The second-order valence-corrected chi connectivity index (χ2v) is 30.6. The molecule has 0 saturated heterocycles. The summed E-state index contributed by atoms with van der Waals surface area (Å²) in [6.45, 7) is 0. The lowest BCUT2D eigenvalue weighted by molar-refractivity contribution is 1.20. The summed E-state index contributed by atoms with van der Waals surface area (Å²) in [6, 6.07) is 171. The summed E-state index contributed by atoms with van der Waals surface area (Å²) in [6.07, 6.45) is 0. The zero-order chi connectivity index (χ0) is 81.4. The van der Waals surface area contributed by atoms with Gasteiger partial charge in [-0.1, -0.05) is 334 Å². The minimum absolute atomic E-state index is 1.12. The van der Waals surface area contributed by atoms with Crippen LogP contribution in [-0.4, -0.2) is 21.1 Å². The third-order valence-electron chi connectivity index (χ3n) is 23.4. The average Bonchev–Trinajstić information content (AvgIpc) is 0.761. The summed E-state index contributed by atoms with van der Waals surface area (Å²) in [5.74, 6) is 0. The van der Waals surface area contributed by atoms with Gasteiger partial charge in [0, 0.05) is 105 Å². The van der Waals surface area contributed by atoms with E-state index in [9.17, 15) is 0 Å². The van der Waals surface area contributed by atoms with Crippen LogP contribution in [-0.2, 0) is 0 Å². The van der Waals surface area contributed by atoms with Gasteiger partial charge in [-0.3, -0.25) is 0 Å². The maximum atomic E-state index is 2.39. The molecule has 0 fully saturated rings. The van der Waals surface area contributed by atoms with Crippen molar-refractivity contribution in [2.24, 2.45) is 0 Å². The molecule has 0 bridgehead atoms. The molecule has 21 rings (SSSR count). The van der Waals surface area contributed by atoms with E-state index < -0.39 is 0 Å². The van der Waals surface area contributed by atoms with Gasteiger partial charge in [-0.2, -0.15) is 0 Å². The highest BCUT2D eigenvalue weighted by molar-refractivity contribution is 6.08. The second-order valence-electron chi connectivity index (χ2n) is 30.6. The monoisotopic (exact) mass is 1550 g/mol. The highest BCUT2D eigenvalue weighted by Gasteiger charge is 2.23. The smallest absolute Gasteiger partial charge is 0.0540 e. The van der Waals surface area contributed by atoms with Gasteiger partial charge in [-0.15, -0.1) is 0 Å². The molecule has 0 N–H and O–H groups in total. The van der Waals surface area contributed by atoms with Gasteiger partial charge in [0.15, 0.2) is 0 Å². The molecular formula is C115H88N6. The molecule has 0 aliphatic carbocycles. The van der Waals surface area contributed by atoms with Crippen molar-refractivity contribution in [3.63, 3.8) is 0 Å². The fourth-order valence-corrected chi connectivity index (χ4v) is 17.0.